The topological polar surface area (TPSA) is 26.0 Å². The fourth-order valence-corrected chi connectivity index (χ4v) is 1.17. The SMILES string of the molecule is NCC(c1cc(F)c(F)c(F)c1)C(F)F. The van der Waals surface area contributed by atoms with E-state index in [9.17, 15) is 22.0 Å². The summed E-state index contributed by atoms with van der Waals surface area (Å²) in [6.07, 6.45) is -2.85. The molecule has 0 saturated carbocycles. The molecule has 0 aliphatic rings. The van der Waals surface area contributed by atoms with Gasteiger partial charge in [-0.25, -0.2) is 22.0 Å². The number of hydrogen-bond donors (Lipinski definition) is 1. The molecular formula is C9H8F5N. The molecule has 0 bridgehead atoms. The van der Waals surface area contributed by atoms with Crippen LogP contribution in [0.3, 0.4) is 0 Å². The van der Waals surface area contributed by atoms with Gasteiger partial charge in [0.05, 0.1) is 5.92 Å². The maximum atomic E-state index is 12.7. The molecule has 1 rings (SSSR count). The number of hydrogen-bond acceptors (Lipinski definition) is 1. The molecular weight excluding hydrogens is 217 g/mol. The zero-order valence-corrected chi connectivity index (χ0v) is 7.48. The van der Waals surface area contributed by atoms with E-state index in [-0.39, 0.29) is 5.56 Å². The van der Waals surface area contributed by atoms with Crippen LogP contribution in [0, 0.1) is 17.5 Å². The van der Waals surface area contributed by atoms with Crippen LogP contribution >= 0.6 is 0 Å². The zero-order chi connectivity index (χ0) is 11.6. The molecule has 0 aromatic heterocycles. The first-order valence-corrected chi connectivity index (χ1v) is 4.10. The summed E-state index contributed by atoms with van der Waals surface area (Å²) in [4.78, 5) is 0. The zero-order valence-electron chi connectivity index (χ0n) is 7.48. The quantitative estimate of drug-likeness (QED) is 0.620. The Bertz CT molecular complexity index is 329. The molecule has 0 fully saturated rings. The molecule has 6 heteroatoms. The van der Waals surface area contributed by atoms with Crippen LogP contribution in [0.2, 0.25) is 0 Å². The van der Waals surface area contributed by atoms with E-state index in [1.807, 2.05) is 0 Å². The number of rotatable bonds is 3. The minimum Gasteiger partial charge on any atom is -0.330 e. The molecule has 0 heterocycles. The Morgan fingerprint density at radius 2 is 1.53 bits per heavy atom. The summed E-state index contributed by atoms with van der Waals surface area (Å²) in [6, 6.07) is 1.06. The normalized spacial score (nSPS) is 13.3. The highest BCUT2D eigenvalue weighted by Gasteiger charge is 2.23. The van der Waals surface area contributed by atoms with Gasteiger partial charge < -0.3 is 5.73 Å². The largest absolute Gasteiger partial charge is 0.330 e. The monoisotopic (exact) mass is 225 g/mol. The van der Waals surface area contributed by atoms with Crippen LogP contribution in [0.5, 0.6) is 0 Å². The van der Waals surface area contributed by atoms with E-state index in [0.29, 0.717) is 12.1 Å². The van der Waals surface area contributed by atoms with Gasteiger partial charge in [-0.1, -0.05) is 0 Å². The van der Waals surface area contributed by atoms with E-state index >= 15 is 0 Å². The molecule has 1 unspecified atom stereocenters. The van der Waals surface area contributed by atoms with Crippen molar-refractivity contribution in [2.24, 2.45) is 5.73 Å². The lowest BCUT2D eigenvalue weighted by molar-refractivity contribution is 0.116. The smallest absolute Gasteiger partial charge is 0.246 e. The summed E-state index contributed by atoms with van der Waals surface area (Å²) in [6.45, 7) is -0.470. The van der Waals surface area contributed by atoms with E-state index in [2.05, 4.69) is 0 Å². The molecule has 15 heavy (non-hydrogen) atoms. The third-order valence-electron chi connectivity index (χ3n) is 1.99. The van der Waals surface area contributed by atoms with Crippen molar-refractivity contribution in [1.29, 1.82) is 0 Å². The van der Waals surface area contributed by atoms with Crippen molar-refractivity contribution in [2.75, 3.05) is 6.54 Å². The fraction of sp³-hybridized carbons (Fsp3) is 0.333. The van der Waals surface area contributed by atoms with Gasteiger partial charge in [-0.2, -0.15) is 0 Å². The van der Waals surface area contributed by atoms with Gasteiger partial charge in [0.2, 0.25) is 6.43 Å². The second kappa shape index (κ2) is 4.57. The highest BCUT2D eigenvalue weighted by molar-refractivity contribution is 5.24. The number of benzene rings is 1. The second-order valence-electron chi connectivity index (χ2n) is 2.98. The molecule has 0 amide bonds. The summed E-state index contributed by atoms with van der Waals surface area (Å²) >= 11 is 0. The minimum atomic E-state index is -2.85. The van der Waals surface area contributed by atoms with Crippen LogP contribution in [0.4, 0.5) is 22.0 Å². The standard InChI is InChI=1S/C9H8F5N/c10-6-1-4(2-7(11)8(6)12)5(3-15)9(13)14/h1-2,5,9H,3,15H2. The van der Waals surface area contributed by atoms with E-state index in [4.69, 9.17) is 5.73 Å². The maximum Gasteiger partial charge on any atom is 0.246 e. The molecule has 1 atom stereocenters. The van der Waals surface area contributed by atoms with Crippen LogP contribution in [0.25, 0.3) is 0 Å². The van der Waals surface area contributed by atoms with Gasteiger partial charge in [0.25, 0.3) is 0 Å². The molecule has 1 nitrogen and oxygen atoms in total. The maximum absolute atomic E-state index is 12.7. The Kier molecular flexibility index (Phi) is 3.62. The Labute approximate surface area is 82.7 Å². The molecule has 1 aromatic carbocycles. The summed E-state index contributed by atoms with van der Waals surface area (Å²) in [5.74, 6) is -6.16. The summed E-state index contributed by atoms with van der Waals surface area (Å²) < 4.78 is 62.6. The van der Waals surface area contributed by atoms with Crippen molar-refractivity contribution >= 4 is 0 Å². The number of nitrogens with two attached hydrogens (primary N) is 1. The lowest BCUT2D eigenvalue weighted by atomic mass is 9.99. The van der Waals surface area contributed by atoms with Crippen LogP contribution < -0.4 is 5.73 Å². The average molecular weight is 225 g/mol. The van der Waals surface area contributed by atoms with Crippen molar-refractivity contribution < 1.29 is 22.0 Å². The summed E-state index contributed by atoms with van der Waals surface area (Å²) in [5, 5.41) is 0. The number of halogens is 5. The van der Waals surface area contributed by atoms with Crippen LogP contribution in [0.15, 0.2) is 12.1 Å². The summed E-state index contributed by atoms with van der Waals surface area (Å²) in [5.41, 5.74) is 4.68. The highest BCUT2D eigenvalue weighted by atomic mass is 19.3. The first-order chi connectivity index (χ1) is 6.97. The van der Waals surface area contributed by atoms with Gasteiger partial charge >= 0.3 is 0 Å². The van der Waals surface area contributed by atoms with Gasteiger partial charge in [0.15, 0.2) is 17.5 Å². The lowest BCUT2D eigenvalue weighted by Crippen LogP contribution is -2.20. The molecule has 0 spiro atoms. The van der Waals surface area contributed by atoms with Crippen LogP contribution in [0.1, 0.15) is 11.5 Å². The van der Waals surface area contributed by atoms with Gasteiger partial charge in [-0.05, 0) is 17.7 Å². The number of alkyl halides is 2. The summed E-state index contributed by atoms with van der Waals surface area (Å²) in [7, 11) is 0. The Morgan fingerprint density at radius 3 is 1.87 bits per heavy atom. The fourth-order valence-electron chi connectivity index (χ4n) is 1.17. The van der Waals surface area contributed by atoms with E-state index in [0.717, 1.165) is 0 Å². The molecule has 0 radical (unpaired) electrons. The third kappa shape index (κ3) is 2.44. The van der Waals surface area contributed by atoms with Gasteiger partial charge in [-0.15, -0.1) is 0 Å². The van der Waals surface area contributed by atoms with Crippen molar-refractivity contribution in [2.45, 2.75) is 12.3 Å². The minimum absolute atomic E-state index is 0.344. The van der Waals surface area contributed by atoms with Crippen molar-refractivity contribution in [3.8, 4) is 0 Å². The average Bonchev–Trinajstić information content (AvgIpc) is 2.14. The third-order valence-corrected chi connectivity index (χ3v) is 1.99. The Morgan fingerprint density at radius 1 is 1.07 bits per heavy atom. The Balaban J connectivity index is 3.14. The molecule has 1 aromatic rings. The predicted octanol–water partition coefficient (Wildman–Crippen LogP) is 2.41. The Hall–Kier alpha value is -1.17. The van der Waals surface area contributed by atoms with Gasteiger partial charge in [0.1, 0.15) is 0 Å². The van der Waals surface area contributed by atoms with E-state index in [1.54, 1.807) is 0 Å². The van der Waals surface area contributed by atoms with E-state index in [1.165, 1.54) is 0 Å². The van der Waals surface area contributed by atoms with Crippen LogP contribution in [-0.2, 0) is 0 Å². The second-order valence-corrected chi connectivity index (χ2v) is 2.98. The predicted molar refractivity (Wildman–Crippen MR) is 44.1 cm³/mol. The highest BCUT2D eigenvalue weighted by Crippen LogP contribution is 2.25. The van der Waals surface area contributed by atoms with E-state index < -0.39 is 36.3 Å². The van der Waals surface area contributed by atoms with Crippen molar-refractivity contribution in [3.63, 3.8) is 0 Å². The first kappa shape index (κ1) is 11.9. The molecule has 0 aliphatic heterocycles. The molecule has 84 valence electrons. The first-order valence-electron chi connectivity index (χ1n) is 4.10. The molecule has 0 saturated heterocycles. The van der Waals surface area contributed by atoms with Crippen molar-refractivity contribution in [1.82, 2.24) is 0 Å². The lowest BCUT2D eigenvalue weighted by Gasteiger charge is -2.14. The molecule has 0 aliphatic carbocycles. The van der Waals surface area contributed by atoms with Crippen LogP contribution in [-0.4, -0.2) is 13.0 Å². The molecule has 2 N–H and O–H groups in total. The van der Waals surface area contributed by atoms with Crippen molar-refractivity contribution in [3.05, 3.63) is 35.1 Å². The van der Waals surface area contributed by atoms with Gasteiger partial charge in [-0.3, -0.25) is 0 Å². The van der Waals surface area contributed by atoms with Gasteiger partial charge in [0, 0.05) is 6.54 Å².